The standard InChI is InChI=1S/C29H31N3O2/c1-21-28(26-20-25(33)12-13-27(26)32(21)24-10-6-3-7-11-24)29(34)30-23-15-18-31(19-16-23)17-14-22-8-4-2-5-9-22/h2-13,20,23,33H,14-19H2,1H3,(H,30,34). The maximum absolute atomic E-state index is 13.5. The number of benzene rings is 3. The first-order chi connectivity index (χ1) is 16.6. The number of aromatic hydroxyl groups is 1. The number of aromatic nitrogens is 1. The monoisotopic (exact) mass is 453 g/mol. The molecule has 174 valence electrons. The van der Waals surface area contributed by atoms with Crippen molar-refractivity contribution in [2.45, 2.75) is 32.2 Å². The predicted octanol–water partition coefficient (Wildman–Crippen LogP) is 5.08. The van der Waals surface area contributed by atoms with Crippen molar-refractivity contribution in [2.75, 3.05) is 19.6 Å². The number of hydrogen-bond donors (Lipinski definition) is 2. The second-order valence-corrected chi connectivity index (χ2v) is 9.16. The molecule has 0 saturated carbocycles. The second kappa shape index (κ2) is 9.74. The average molecular weight is 454 g/mol. The van der Waals surface area contributed by atoms with Gasteiger partial charge in [0.05, 0.1) is 11.1 Å². The quantitative estimate of drug-likeness (QED) is 0.428. The van der Waals surface area contributed by atoms with E-state index in [-0.39, 0.29) is 17.7 Å². The molecule has 0 radical (unpaired) electrons. The Morgan fingerprint density at radius 2 is 1.65 bits per heavy atom. The van der Waals surface area contributed by atoms with Gasteiger partial charge in [0.2, 0.25) is 0 Å². The molecule has 3 aromatic carbocycles. The van der Waals surface area contributed by atoms with E-state index in [0.717, 1.165) is 61.2 Å². The summed E-state index contributed by atoms with van der Waals surface area (Å²) in [5.74, 6) is 0.101. The lowest BCUT2D eigenvalue weighted by Crippen LogP contribution is -2.45. The van der Waals surface area contributed by atoms with Gasteiger partial charge in [0, 0.05) is 42.4 Å². The molecule has 34 heavy (non-hydrogen) atoms. The summed E-state index contributed by atoms with van der Waals surface area (Å²) >= 11 is 0. The fraction of sp³-hybridized carbons (Fsp3) is 0.276. The van der Waals surface area contributed by atoms with Crippen molar-refractivity contribution in [1.29, 1.82) is 0 Å². The molecular formula is C29H31N3O2. The van der Waals surface area contributed by atoms with Crippen LogP contribution < -0.4 is 5.32 Å². The molecular weight excluding hydrogens is 422 g/mol. The Morgan fingerprint density at radius 3 is 2.35 bits per heavy atom. The van der Waals surface area contributed by atoms with Crippen LogP contribution >= 0.6 is 0 Å². The minimum atomic E-state index is -0.0643. The second-order valence-electron chi connectivity index (χ2n) is 9.16. The highest BCUT2D eigenvalue weighted by molar-refractivity contribution is 6.09. The van der Waals surface area contributed by atoms with Crippen LogP contribution in [0.15, 0.2) is 78.9 Å². The van der Waals surface area contributed by atoms with E-state index < -0.39 is 0 Å². The van der Waals surface area contributed by atoms with Crippen LogP contribution in [-0.2, 0) is 6.42 Å². The number of phenols is 1. The molecule has 4 aromatic rings. The molecule has 1 amide bonds. The third-order valence-electron chi connectivity index (χ3n) is 6.91. The summed E-state index contributed by atoms with van der Waals surface area (Å²) in [6, 6.07) is 26.0. The highest BCUT2D eigenvalue weighted by Gasteiger charge is 2.25. The number of para-hydroxylation sites is 1. The molecule has 2 heterocycles. The molecule has 0 unspecified atom stereocenters. The maximum Gasteiger partial charge on any atom is 0.253 e. The largest absolute Gasteiger partial charge is 0.508 e. The van der Waals surface area contributed by atoms with Gasteiger partial charge < -0.3 is 19.9 Å². The Kier molecular flexibility index (Phi) is 6.37. The van der Waals surface area contributed by atoms with Gasteiger partial charge in [-0.2, -0.15) is 0 Å². The van der Waals surface area contributed by atoms with E-state index in [4.69, 9.17) is 0 Å². The zero-order valence-electron chi connectivity index (χ0n) is 19.6. The fourth-order valence-corrected chi connectivity index (χ4v) is 5.09. The highest BCUT2D eigenvalue weighted by atomic mass is 16.3. The summed E-state index contributed by atoms with van der Waals surface area (Å²) < 4.78 is 2.09. The molecule has 0 atom stereocenters. The smallest absolute Gasteiger partial charge is 0.253 e. The molecule has 1 aliphatic rings. The zero-order chi connectivity index (χ0) is 23.5. The van der Waals surface area contributed by atoms with E-state index in [1.165, 1.54) is 5.56 Å². The zero-order valence-corrected chi connectivity index (χ0v) is 19.6. The molecule has 1 saturated heterocycles. The number of phenolic OH excluding ortho intramolecular Hbond substituents is 1. The number of carbonyl (C=O) groups excluding carboxylic acids is 1. The molecule has 1 aliphatic heterocycles. The van der Waals surface area contributed by atoms with Crippen LogP contribution in [0, 0.1) is 6.92 Å². The molecule has 1 aromatic heterocycles. The van der Waals surface area contributed by atoms with Crippen LogP contribution in [0.25, 0.3) is 16.6 Å². The molecule has 5 heteroatoms. The molecule has 0 aliphatic carbocycles. The summed E-state index contributed by atoms with van der Waals surface area (Å²) in [6.07, 6.45) is 2.95. The summed E-state index contributed by atoms with van der Waals surface area (Å²) in [5, 5.41) is 14.2. The van der Waals surface area contributed by atoms with Crippen LogP contribution in [0.2, 0.25) is 0 Å². The number of nitrogens with zero attached hydrogens (tertiary/aromatic N) is 2. The van der Waals surface area contributed by atoms with E-state index in [1.54, 1.807) is 12.1 Å². The van der Waals surface area contributed by atoms with Crippen LogP contribution in [0.1, 0.15) is 34.5 Å². The number of amides is 1. The van der Waals surface area contributed by atoms with Crippen molar-refractivity contribution in [3.05, 3.63) is 95.7 Å². The van der Waals surface area contributed by atoms with Gasteiger partial charge in [-0.15, -0.1) is 0 Å². The van der Waals surface area contributed by atoms with Crippen molar-refractivity contribution >= 4 is 16.8 Å². The van der Waals surface area contributed by atoms with Crippen molar-refractivity contribution in [1.82, 2.24) is 14.8 Å². The molecule has 0 bridgehead atoms. The van der Waals surface area contributed by atoms with Crippen molar-refractivity contribution in [3.8, 4) is 11.4 Å². The lowest BCUT2D eigenvalue weighted by Gasteiger charge is -2.32. The predicted molar refractivity (Wildman–Crippen MR) is 137 cm³/mol. The Morgan fingerprint density at radius 1 is 0.971 bits per heavy atom. The number of rotatable bonds is 6. The Hall–Kier alpha value is -3.57. The van der Waals surface area contributed by atoms with Gasteiger partial charge in [0.15, 0.2) is 0 Å². The summed E-state index contributed by atoms with van der Waals surface area (Å²) in [5.41, 5.74) is 4.81. The SMILES string of the molecule is Cc1c(C(=O)NC2CCN(CCc3ccccc3)CC2)c2cc(O)ccc2n1-c1ccccc1. The summed E-state index contributed by atoms with van der Waals surface area (Å²) in [4.78, 5) is 16.0. The van der Waals surface area contributed by atoms with Crippen molar-refractivity contribution in [2.24, 2.45) is 0 Å². The van der Waals surface area contributed by atoms with Gasteiger partial charge >= 0.3 is 0 Å². The van der Waals surface area contributed by atoms with Crippen LogP contribution in [0.4, 0.5) is 0 Å². The Labute approximate surface area is 200 Å². The van der Waals surface area contributed by atoms with Crippen LogP contribution in [-0.4, -0.2) is 46.2 Å². The summed E-state index contributed by atoms with van der Waals surface area (Å²) in [6.45, 7) is 5.01. The van der Waals surface area contributed by atoms with E-state index in [0.29, 0.717) is 5.56 Å². The van der Waals surface area contributed by atoms with Crippen molar-refractivity contribution < 1.29 is 9.90 Å². The van der Waals surface area contributed by atoms with Gasteiger partial charge in [-0.05, 0) is 62.1 Å². The number of likely N-dealkylation sites (tertiary alicyclic amines) is 1. The number of nitrogens with one attached hydrogen (secondary N) is 1. The van der Waals surface area contributed by atoms with Gasteiger partial charge in [-0.3, -0.25) is 4.79 Å². The first-order valence-electron chi connectivity index (χ1n) is 12.1. The third-order valence-corrected chi connectivity index (χ3v) is 6.91. The minimum absolute atomic E-state index is 0.0643. The summed E-state index contributed by atoms with van der Waals surface area (Å²) in [7, 11) is 0. The molecule has 1 fully saturated rings. The van der Waals surface area contributed by atoms with Crippen LogP contribution in [0.5, 0.6) is 5.75 Å². The Bertz CT molecular complexity index is 1270. The first kappa shape index (κ1) is 22.2. The van der Waals surface area contributed by atoms with Gasteiger partial charge in [-0.25, -0.2) is 0 Å². The number of carbonyl (C=O) groups is 1. The topological polar surface area (TPSA) is 57.5 Å². The minimum Gasteiger partial charge on any atom is -0.508 e. The van der Waals surface area contributed by atoms with Gasteiger partial charge in [0.25, 0.3) is 5.91 Å². The molecule has 0 spiro atoms. The maximum atomic E-state index is 13.5. The van der Waals surface area contributed by atoms with Crippen molar-refractivity contribution in [3.63, 3.8) is 0 Å². The first-order valence-corrected chi connectivity index (χ1v) is 12.1. The molecule has 5 rings (SSSR count). The number of piperidine rings is 1. The lowest BCUT2D eigenvalue weighted by atomic mass is 10.0. The van der Waals surface area contributed by atoms with E-state index in [1.807, 2.05) is 43.3 Å². The van der Waals surface area contributed by atoms with Gasteiger partial charge in [0.1, 0.15) is 5.75 Å². The molecule has 5 nitrogen and oxygen atoms in total. The molecule has 2 N–H and O–H groups in total. The number of hydrogen-bond acceptors (Lipinski definition) is 3. The third kappa shape index (κ3) is 4.57. The van der Waals surface area contributed by atoms with E-state index >= 15 is 0 Å². The fourth-order valence-electron chi connectivity index (χ4n) is 5.09. The number of fused-ring (bicyclic) bond motifs is 1. The Balaban J connectivity index is 1.30. The van der Waals surface area contributed by atoms with E-state index in [2.05, 4.69) is 45.1 Å². The highest BCUT2D eigenvalue weighted by Crippen LogP contribution is 2.32. The van der Waals surface area contributed by atoms with E-state index in [9.17, 15) is 9.90 Å². The van der Waals surface area contributed by atoms with Crippen LogP contribution in [0.3, 0.4) is 0 Å². The lowest BCUT2D eigenvalue weighted by molar-refractivity contribution is 0.0912. The average Bonchev–Trinajstić information content (AvgIpc) is 3.15. The van der Waals surface area contributed by atoms with Gasteiger partial charge in [-0.1, -0.05) is 48.5 Å². The normalized spacial score (nSPS) is 15.0.